The molecule has 0 rings (SSSR count). The lowest BCUT2D eigenvalue weighted by molar-refractivity contribution is 0.00399. The van der Waals surface area contributed by atoms with Gasteiger partial charge in [0.15, 0.2) is 0 Å². The summed E-state index contributed by atoms with van der Waals surface area (Å²) in [5, 5.41) is 8.38. The zero-order chi connectivity index (χ0) is 10.5. The summed E-state index contributed by atoms with van der Waals surface area (Å²) in [6.07, 6.45) is 0. The van der Waals surface area contributed by atoms with Crippen LogP contribution in [0.25, 0.3) is 0 Å². The minimum absolute atomic E-state index is 0. The lowest BCUT2D eigenvalue weighted by Gasteiger charge is -2.05. The Morgan fingerprint density at radius 2 is 1.06 bits per heavy atom. The molecule has 0 spiro atoms. The van der Waals surface area contributed by atoms with E-state index in [9.17, 15) is 0 Å². The highest BCUT2D eigenvalue weighted by molar-refractivity contribution is 6.07. The Hall–Kier alpha value is 0.670. The first-order chi connectivity index (χ1) is 6.91. The highest BCUT2D eigenvalue weighted by atomic mass is 35.5. The summed E-state index contributed by atoms with van der Waals surface area (Å²) in [4.78, 5) is 0. The van der Waals surface area contributed by atoms with Crippen LogP contribution in [0.15, 0.2) is 0 Å². The molecule has 0 fully saturated rings. The molecular formula is C8H19Cl3O5. The highest BCUT2D eigenvalue weighted by Gasteiger charge is 1.90. The molecule has 8 heteroatoms. The van der Waals surface area contributed by atoms with E-state index in [0.717, 1.165) is 0 Å². The van der Waals surface area contributed by atoms with Crippen LogP contribution in [-0.4, -0.2) is 58.0 Å². The zero-order valence-corrected chi connectivity index (χ0v) is 11.3. The largest absolute Gasteiger partial charge is 0.394 e. The molecule has 0 unspecified atom stereocenters. The zero-order valence-electron chi connectivity index (χ0n) is 8.93. The van der Waals surface area contributed by atoms with Gasteiger partial charge < -0.3 is 19.3 Å². The molecule has 1 N–H and O–H groups in total. The average molecular weight is 302 g/mol. The van der Waals surface area contributed by atoms with Crippen LogP contribution >= 0.6 is 36.7 Å². The Kier molecular flexibility index (Phi) is 28.8. The summed E-state index contributed by atoms with van der Waals surface area (Å²) in [5.74, 6) is 0. The van der Waals surface area contributed by atoms with Crippen LogP contribution < -0.4 is 0 Å². The van der Waals surface area contributed by atoms with Crippen molar-refractivity contribution in [1.29, 1.82) is 0 Å². The summed E-state index contributed by atoms with van der Waals surface area (Å²) in [6.45, 7) is 3.27. The fourth-order valence-corrected chi connectivity index (χ4v) is 0.760. The number of hydrogen-bond acceptors (Lipinski definition) is 5. The molecule has 0 bridgehead atoms. The lowest BCUT2D eigenvalue weighted by Crippen LogP contribution is -2.11. The molecule has 0 saturated carbocycles. The topological polar surface area (TPSA) is 57.2 Å². The number of aliphatic hydroxyl groups is 1. The molecule has 0 amide bonds. The van der Waals surface area contributed by atoms with Crippen LogP contribution in [0.3, 0.4) is 0 Å². The van der Waals surface area contributed by atoms with Crippen molar-refractivity contribution >= 4 is 36.7 Å². The van der Waals surface area contributed by atoms with Gasteiger partial charge in [-0.3, -0.25) is 4.29 Å². The Labute approximate surface area is 113 Å². The molecule has 0 aromatic carbocycles. The van der Waals surface area contributed by atoms with Crippen LogP contribution in [0, 0.1) is 0 Å². The monoisotopic (exact) mass is 300 g/mol. The molecule has 0 aliphatic heterocycles. The van der Waals surface area contributed by atoms with E-state index < -0.39 is 0 Å². The Morgan fingerprint density at radius 1 is 0.688 bits per heavy atom. The molecule has 0 atom stereocenters. The molecular weight excluding hydrogens is 282 g/mol. The van der Waals surface area contributed by atoms with Crippen molar-refractivity contribution in [3.8, 4) is 0 Å². The SMILES string of the molecule is Cl.Cl.OCCOCCOCCOCCOCl. The normalized spacial score (nSPS) is 9.38. The van der Waals surface area contributed by atoms with E-state index in [1.807, 2.05) is 0 Å². The molecule has 0 aromatic heterocycles. The van der Waals surface area contributed by atoms with Crippen LogP contribution in [0.5, 0.6) is 0 Å². The Bertz CT molecular complexity index is 97.7. The van der Waals surface area contributed by atoms with Crippen molar-refractivity contribution < 1.29 is 23.6 Å². The fraction of sp³-hybridized carbons (Fsp3) is 1.00. The summed E-state index contributed by atoms with van der Waals surface area (Å²) >= 11 is 4.96. The molecule has 0 saturated heterocycles. The predicted octanol–water partition coefficient (Wildman–Crippen LogP) is 1.04. The number of ether oxygens (including phenoxy) is 3. The molecule has 0 aliphatic rings. The summed E-state index contributed by atoms with van der Waals surface area (Å²) in [7, 11) is 0. The van der Waals surface area contributed by atoms with Crippen molar-refractivity contribution in [3.05, 3.63) is 0 Å². The fourth-order valence-electron chi connectivity index (χ4n) is 0.697. The molecule has 0 radical (unpaired) electrons. The van der Waals surface area contributed by atoms with Gasteiger partial charge in [0.1, 0.15) is 0 Å². The van der Waals surface area contributed by atoms with Crippen LogP contribution in [-0.2, 0) is 18.5 Å². The van der Waals surface area contributed by atoms with Gasteiger partial charge in [0.2, 0.25) is 0 Å². The van der Waals surface area contributed by atoms with E-state index in [2.05, 4.69) is 4.29 Å². The van der Waals surface area contributed by atoms with Crippen molar-refractivity contribution in [1.82, 2.24) is 0 Å². The Balaban J connectivity index is -0.000000845. The molecule has 0 aliphatic carbocycles. The summed E-state index contributed by atoms with van der Waals surface area (Å²) in [5.41, 5.74) is 0. The third-order valence-corrected chi connectivity index (χ3v) is 1.44. The smallest absolute Gasteiger partial charge is 0.0916 e. The van der Waals surface area contributed by atoms with Crippen LogP contribution in [0.2, 0.25) is 0 Å². The molecule has 102 valence electrons. The maximum Gasteiger partial charge on any atom is 0.0916 e. The first-order valence-electron chi connectivity index (χ1n) is 4.49. The molecule has 0 aromatic rings. The van der Waals surface area contributed by atoms with E-state index in [0.29, 0.717) is 46.2 Å². The minimum Gasteiger partial charge on any atom is -0.394 e. The first kappa shape index (κ1) is 21.9. The first-order valence-corrected chi connectivity index (χ1v) is 4.80. The second-order valence-electron chi connectivity index (χ2n) is 2.37. The van der Waals surface area contributed by atoms with Gasteiger partial charge in [0.05, 0.1) is 64.7 Å². The summed E-state index contributed by atoms with van der Waals surface area (Å²) in [6, 6.07) is 0. The van der Waals surface area contributed by atoms with Crippen LogP contribution in [0.4, 0.5) is 0 Å². The van der Waals surface area contributed by atoms with Crippen molar-refractivity contribution in [2.45, 2.75) is 0 Å². The van der Waals surface area contributed by atoms with Gasteiger partial charge in [-0.25, -0.2) is 0 Å². The van der Waals surface area contributed by atoms with Gasteiger partial charge in [-0.1, -0.05) is 0 Å². The van der Waals surface area contributed by atoms with Crippen molar-refractivity contribution in [2.24, 2.45) is 0 Å². The van der Waals surface area contributed by atoms with E-state index in [4.69, 9.17) is 31.2 Å². The Morgan fingerprint density at radius 3 is 1.44 bits per heavy atom. The number of aliphatic hydroxyl groups excluding tert-OH is 1. The van der Waals surface area contributed by atoms with Gasteiger partial charge in [-0.05, 0) is 0 Å². The standard InChI is InChI=1S/C8H17ClO5.2ClH/c9-14-8-7-13-6-5-12-4-3-11-2-1-10;;/h10H,1-8H2;2*1H. The maximum absolute atomic E-state index is 8.38. The van der Waals surface area contributed by atoms with E-state index in [-0.39, 0.29) is 31.4 Å². The summed E-state index contributed by atoms with van der Waals surface area (Å²) < 4.78 is 19.5. The maximum atomic E-state index is 8.38. The highest BCUT2D eigenvalue weighted by Crippen LogP contribution is 1.83. The van der Waals surface area contributed by atoms with Crippen molar-refractivity contribution in [3.63, 3.8) is 0 Å². The number of halogens is 3. The van der Waals surface area contributed by atoms with Gasteiger partial charge in [0, 0.05) is 0 Å². The predicted molar refractivity (Wildman–Crippen MR) is 65.8 cm³/mol. The molecule has 0 heterocycles. The van der Waals surface area contributed by atoms with E-state index in [1.165, 1.54) is 0 Å². The molecule has 16 heavy (non-hydrogen) atoms. The number of hydrogen-bond donors (Lipinski definition) is 1. The lowest BCUT2D eigenvalue weighted by atomic mass is 10.7. The van der Waals surface area contributed by atoms with Crippen molar-refractivity contribution in [2.75, 3.05) is 52.9 Å². The van der Waals surface area contributed by atoms with E-state index >= 15 is 0 Å². The second kappa shape index (κ2) is 21.0. The van der Waals surface area contributed by atoms with Crippen LogP contribution in [0.1, 0.15) is 0 Å². The molecule has 5 nitrogen and oxygen atoms in total. The van der Waals surface area contributed by atoms with Gasteiger partial charge in [-0.15, -0.1) is 24.8 Å². The van der Waals surface area contributed by atoms with Gasteiger partial charge in [-0.2, -0.15) is 0 Å². The second-order valence-corrected chi connectivity index (χ2v) is 2.59. The third-order valence-electron chi connectivity index (χ3n) is 1.28. The van der Waals surface area contributed by atoms with E-state index in [1.54, 1.807) is 0 Å². The quantitative estimate of drug-likeness (QED) is 0.578. The minimum atomic E-state index is 0. The van der Waals surface area contributed by atoms with Gasteiger partial charge >= 0.3 is 0 Å². The number of rotatable bonds is 11. The average Bonchev–Trinajstić information content (AvgIpc) is 2.21. The third kappa shape index (κ3) is 20.1. The van der Waals surface area contributed by atoms with Gasteiger partial charge in [0.25, 0.3) is 0 Å².